The van der Waals surface area contributed by atoms with E-state index >= 15 is 0 Å². The molecule has 0 radical (unpaired) electrons. The van der Waals surface area contributed by atoms with E-state index in [1.807, 2.05) is 12.2 Å². The zero-order chi connectivity index (χ0) is 9.56. The van der Waals surface area contributed by atoms with E-state index in [9.17, 15) is 0 Å². The van der Waals surface area contributed by atoms with Crippen LogP contribution in [0.4, 0.5) is 0 Å². The maximum atomic E-state index is 3.76. The molecule has 0 aromatic carbocycles. The van der Waals surface area contributed by atoms with Crippen molar-refractivity contribution in [3.8, 4) is 0 Å². The van der Waals surface area contributed by atoms with Crippen LogP contribution in [0.2, 0.25) is 0 Å². The Labute approximate surface area is 76.7 Å². The molecule has 0 nitrogen and oxygen atoms in total. The van der Waals surface area contributed by atoms with E-state index < -0.39 is 0 Å². The van der Waals surface area contributed by atoms with Gasteiger partial charge in [-0.3, -0.25) is 0 Å². The van der Waals surface area contributed by atoms with E-state index in [-0.39, 0.29) is 0 Å². The fourth-order valence-corrected chi connectivity index (χ4v) is 1.22. The van der Waals surface area contributed by atoms with Crippen molar-refractivity contribution < 1.29 is 0 Å². The molecular weight excluding hydrogens is 144 g/mol. The molecule has 0 saturated heterocycles. The summed E-state index contributed by atoms with van der Waals surface area (Å²) >= 11 is 0. The third-order valence-electron chi connectivity index (χ3n) is 2.28. The quantitative estimate of drug-likeness (QED) is 0.536. The average Bonchev–Trinajstić information content (AvgIpc) is 2.06. The normalized spacial score (nSPS) is 11.9. The van der Waals surface area contributed by atoms with Crippen LogP contribution in [-0.4, -0.2) is 0 Å². The highest BCUT2D eigenvalue weighted by molar-refractivity contribution is 5.32. The van der Waals surface area contributed by atoms with Gasteiger partial charge < -0.3 is 0 Å². The van der Waals surface area contributed by atoms with Gasteiger partial charge in [0.25, 0.3) is 0 Å². The summed E-state index contributed by atoms with van der Waals surface area (Å²) in [5.74, 6) is 0.764. The molecule has 0 bridgehead atoms. The van der Waals surface area contributed by atoms with Crippen molar-refractivity contribution in [1.82, 2.24) is 0 Å². The van der Waals surface area contributed by atoms with Gasteiger partial charge in [0.05, 0.1) is 0 Å². The summed E-state index contributed by atoms with van der Waals surface area (Å²) in [6, 6.07) is 0. The molecule has 68 valence electrons. The van der Waals surface area contributed by atoms with E-state index in [1.165, 1.54) is 17.6 Å². The second kappa shape index (κ2) is 5.82. The molecule has 0 aliphatic heterocycles. The highest BCUT2D eigenvalue weighted by Gasteiger charge is 2.01. The fraction of sp³-hybridized carbons (Fsp3) is 0.500. The first-order valence-electron chi connectivity index (χ1n) is 4.60. The molecule has 0 heteroatoms. The Morgan fingerprint density at radius 1 is 1.33 bits per heavy atom. The third-order valence-corrected chi connectivity index (χ3v) is 2.28. The predicted molar refractivity (Wildman–Crippen MR) is 57.2 cm³/mol. The minimum absolute atomic E-state index is 0.764. The van der Waals surface area contributed by atoms with Crippen molar-refractivity contribution in [2.45, 2.75) is 33.6 Å². The van der Waals surface area contributed by atoms with Crippen LogP contribution in [0.25, 0.3) is 0 Å². The maximum Gasteiger partial charge on any atom is -0.0279 e. The zero-order valence-electron chi connectivity index (χ0n) is 8.56. The Kier molecular flexibility index (Phi) is 5.44. The zero-order valence-corrected chi connectivity index (χ0v) is 8.56. The Balaban J connectivity index is 4.32. The Bertz CT molecular complexity index is 174. The van der Waals surface area contributed by atoms with Crippen molar-refractivity contribution in [3.63, 3.8) is 0 Å². The first kappa shape index (κ1) is 11.2. The molecule has 0 fully saturated rings. The molecule has 0 aromatic rings. The van der Waals surface area contributed by atoms with E-state index in [2.05, 4.69) is 33.9 Å². The summed E-state index contributed by atoms with van der Waals surface area (Å²) in [7, 11) is 0. The molecular formula is C12H20. The topological polar surface area (TPSA) is 0 Å². The van der Waals surface area contributed by atoms with E-state index in [4.69, 9.17) is 0 Å². The lowest BCUT2D eigenvalue weighted by atomic mass is 9.96. The first-order valence-corrected chi connectivity index (χ1v) is 4.60. The lowest BCUT2D eigenvalue weighted by Crippen LogP contribution is -1.94. The van der Waals surface area contributed by atoms with Crippen molar-refractivity contribution >= 4 is 0 Å². The van der Waals surface area contributed by atoms with Gasteiger partial charge in [-0.25, -0.2) is 0 Å². The summed E-state index contributed by atoms with van der Waals surface area (Å²) in [6.07, 6.45) is 6.15. The van der Waals surface area contributed by atoms with E-state index in [0.29, 0.717) is 0 Å². The van der Waals surface area contributed by atoms with Gasteiger partial charge in [-0.15, -0.1) is 0 Å². The number of hydrogen-bond acceptors (Lipinski definition) is 0. The summed E-state index contributed by atoms with van der Waals surface area (Å²) in [5, 5.41) is 0. The van der Waals surface area contributed by atoms with Crippen LogP contribution < -0.4 is 0 Å². The molecule has 0 aliphatic carbocycles. The second-order valence-corrected chi connectivity index (χ2v) is 3.36. The highest BCUT2D eigenvalue weighted by Crippen LogP contribution is 2.18. The minimum Gasteiger partial charge on any atom is -0.0985 e. The lowest BCUT2D eigenvalue weighted by molar-refractivity contribution is 0.556. The summed E-state index contributed by atoms with van der Waals surface area (Å²) in [4.78, 5) is 0. The Hall–Kier alpha value is -0.780. The van der Waals surface area contributed by atoms with E-state index in [1.54, 1.807) is 0 Å². The first-order chi connectivity index (χ1) is 5.65. The van der Waals surface area contributed by atoms with Crippen molar-refractivity contribution in [1.29, 1.82) is 0 Å². The standard InChI is InChI=1S/C12H20/c1-6-10(4)9-11(5)12(7-2)8-3/h7-8,10H,2-3,6,9H2,1,4-5H3. The van der Waals surface area contributed by atoms with Crippen LogP contribution in [0.15, 0.2) is 36.5 Å². The SMILES string of the molecule is C=CC(C=C)=C(C)CC(C)CC. The van der Waals surface area contributed by atoms with E-state index in [0.717, 1.165) is 12.3 Å². The minimum atomic E-state index is 0.764. The van der Waals surface area contributed by atoms with Gasteiger partial charge in [-0.2, -0.15) is 0 Å². The maximum absolute atomic E-state index is 3.76. The van der Waals surface area contributed by atoms with Crippen LogP contribution >= 0.6 is 0 Å². The van der Waals surface area contributed by atoms with Gasteiger partial charge in [0, 0.05) is 0 Å². The molecule has 0 rings (SSSR count). The molecule has 0 saturated carbocycles. The van der Waals surface area contributed by atoms with Crippen LogP contribution in [0.5, 0.6) is 0 Å². The van der Waals surface area contributed by atoms with Gasteiger partial charge in [0.2, 0.25) is 0 Å². The van der Waals surface area contributed by atoms with Crippen LogP contribution in [0.3, 0.4) is 0 Å². The monoisotopic (exact) mass is 164 g/mol. The summed E-state index contributed by atoms with van der Waals surface area (Å²) in [6.45, 7) is 14.2. The smallest absolute Gasteiger partial charge is 0.0279 e. The molecule has 0 heterocycles. The van der Waals surface area contributed by atoms with Gasteiger partial charge in [-0.1, -0.05) is 51.2 Å². The fourth-order valence-electron chi connectivity index (χ4n) is 1.22. The van der Waals surface area contributed by atoms with Crippen LogP contribution in [-0.2, 0) is 0 Å². The van der Waals surface area contributed by atoms with Crippen molar-refractivity contribution in [3.05, 3.63) is 36.5 Å². The Morgan fingerprint density at radius 2 is 1.83 bits per heavy atom. The lowest BCUT2D eigenvalue weighted by Gasteiger charge is -2.10. The molecule has 0 aromatic heterocycles. The molecule has 1 atom stereocenters. The van der Waals surface area contributed by atoms with Crippen LogP contribution in [0, 0.1) is 5.92 Å². The van der Waals surface area contributed by atoms with Crippen LogP contribution in [0.1, 0.15) is 33.6 Å². The molecule has 0 spiro atoms. The predicted octanol–water partition coefficient (Wildman–Crippen LogP) is 4.11. The van der Waals surface area contributed by atoms with Gasteiger partial charge in [0.15, 0.2) is 0 Å². The summed E-state index contributed by atoms with van der Waals surface area (Å²) < 4.78 is 0. The number of allylic oxidation sites excluding steroid dienone is 4. The van der Waals surface area contributed by atoms with Gasteiger partial charge >= 0.3 is 0 Å². The van der Waals surface area contributed by atoms with Gasteiger partial charge in [0.1, 0.15) is 0 Å². The summed E-state index contributed by atoms with van der Waals surface area (Å²) in [5.41, 5.74) is 2.59. The largest absolute Gasteiger partial charge is 0.0985 e. The number of rotatable bonds is 5. The highest BCUT2D eigenvalue weighted by atomic mass is 14.1. The number of hydrogen-bond donors (Lipinski definition) is 0. The molecule has 0 aliphatic rings. The third kappa shape index (κ3) is 3.56. The molecule has 1 unspecified atom stereocenters. The van der Waals surface area contributed by atoms with Crippen molar-refractivity contribution in [2.75, 3.05) is 0 Å². The second-order valence-electron chi connectivity index (χ2n) is 3.36. The Morgan fingerprint density at radius 3 is 2.17 bits per heavy atom. The molecule has 0 N–H and O–H groups in total. The average molecular weight is 164 g/mol. The molecule has 12 heavy (non-hydrogen) atoms. The molecule has 0 amide bonds. The van der Waals surface area contributed by atoms with Gasteiger partial charge in [-0.05, 0) is 24.8 Å². The van der Waals surface area contributed by atoms with Crippen molar-refractivity contribution in [2.24, 2.45) is 5.92 Å².